The van der Waals surface area contributed by atoms with E-state index in [2.05, 4.69) is 0 Å². The summed E-state index contributed by atoms with van der Waals surface area (Å²) in [5, 5.41) is 59.1. The Hall–Kier alpha value is -4.29. The van der Waals surface area contributed by atoms with Crippen molar-refractivity contribution < 1.29 is 59.2 Å². The van der Waals surface area contributed by atoms with E-state index in [4.69, 9.17) is 14.2 Å². The van der Waals surface area contributed by atoms with E-state index in [1.165, 1.54) is 49.6 Å². The number of benzene rings is 2. The van der Waals surface area contributed by atoms with E-state index in [-0.39, 0.29) is 35.8 Å². The maximum Gasteiger partial charge on any atom is 0.348 e. The molecule has 2 aromatic carbocycles. The number of phenolic OH excluding ortho intramolecular Hbond substituents is 3. The highest BCUT2D eigenvalue weighted by Crippen LogP contribution is 2.35. The van der Waals surface area contributed by atoms with Gasteiger partial charge in [-0.15, -0.1) is 0 Å². The smallest absolute Gasteiger partial charge is 0.348 e. The number of aromatic hydroxyl groups is 3. The number of ether oxygens (including phenoxy) is 3. The summed E-state index contributed by atoms with van der Waals surface area (Å²) < 4.78 is 15.4. The molecule has 38 heavy (non-hydrogen) atoms. The zero-order valence-electron chi connectivity index (χ0n) is 20.3. The van der Waals surface area contributed by atoms with Crippen molar-refractivity contribution >= 4 is 24.0 Å². The van der Waals surface area contributed by atoms with Gasteiger partial charge in [-0.1, -0.05) is 12.1 Å². The van der Waals surface area contributed by atoms with E-state index in [9.17, 15) is 45.0 Å². The molecule has 1 fully saturated rings. The summed E-state index contributed by atoms with van der Waals surface area (Å²) in [6.07, 6.45) is -3.92. The number of rotatable bonds is 9. The van der Waals surface area contributed by atoms with Gasteiger partial charge in [0.15, 0.2) is 23.0 Å². The number of carbonyl (C=O) groups is 3. The van der Waals surface area contributed by atoms with Crippen LogP contribution < -0.4 is 4.74 Å². The Kier molecular flexibility index (Phi) is 8.81. The Morgan fingerprint density at radius 3 is 2.37 bits per heavy atom. The van der Waals surface area contributed by atoms with E-state index >= 15 is 0 Å². The zero-order valence-corrected chi connectivity index (χ0v) is 20.3. The van der Waals surface area contributed by atoms with Gasteiger partial charge < -0.3 is 44.8 Å². The summed E-state index contributed by atoms with van der Waals surface area (Å²) in [5.74, 6) is -4.16. The van der Waals surface area contributed by atoms with Gasteiger partial charge in [-0.2, -0.15) is 0 Å². The van der Waals surface area contributed by atoms with Gasteiger partial charge in [-0.3, -0.25) is 4.79 Å². The van der Waals surface area contributed by atoms with E-state index < -0.39 is 54.7 Å². The van der Waals surface area contributed by atoms with Crippen LogP contribution in [0.2, 0.25) is 0 Å². The second-order valence-electron chi connectivity index (χ2n) is 8.80. The summed E-state index contributed by atoms with van der Waals surface area (Å²) in [6, 6.07) is 8.24. The molecule has 0 radical (unpaired) electrons. The zero-order chi connectivity index (χ0) is 28.0. The fourth-order valence-corrected chi connectivity index (χ4v) is 4.04. The third-order valence-corrected chi connectivity index (χ3v) is 6.09. The first-order valence-electron chi connectivity index (χ1n) is 11.5. The number of aryl methyl sites for hydroxylation is 1. The number of esters is 2. The quantitative estimate of drug-likeness (QED) is 0.154. The molecule has 12 heteroatoms. The van der Waals surface area contributed by atoms with Crippen LogP contribution in [-0.2, 0) is 30.3 Å². The molecule has 0 saturated heterocycles. The first-order chi connectivity index (χ1) is 17.9. The van der Waals surface area contributed by atoms with E-state index in [1.54, 1.807) is 0 Å². The Balaban J connectivity index is 1.68. The van der Waals surface area contributed by atoms with Crippen molar-refractivity contribution in [3.8, 4) is 23.0 Å². The second kappa shape index (κ2) is 11.8. The van der Waals surface area contributed by atoms with Crippen molar-refractivity contribution in [3.05, 3.63) is 53.6 Å². The fraction of sp³-hybridized carbons (Fsp3) is 0.346. The molecular weight excluding hydrogens is 504 g/mol. The number of methoxy groups -OCH3 is 1. The highest BCUT2D eigenvalue weighted by Gasteiger charge is 2.54. The molecule has 0 aliphatic heterocycles. The minimum Gasteiger partial charge on any atom is -0.504 e. The Bertz CT molecular complexity index is 1220. The monoisotopic (exact) mass is 532 g/mol. The number of aliphatic carboxylic acids is 1. The van der Waals surface area contributed by atoms with Gasteiger partial charge in [-0.25, -0.2) is 9.59 Å². The third-order valence-electron chi connectivity index (χ3n) is 6.09. The van der Waals surface area contributed by atoms with Crippen molar-refractivity contribution in [1.82, 2.24) is 0 Å². The summed E-state index contributed by atoms with van der Waals surface area (Å²) in [6.45, 7) is 0. The van der Waals surface area contributed by atoms with Gasteiger partial charge in [0.25, 0.3) is 0 Å². The van der Waals surface area contributed by atoms with Crippen molar-refractivity contribution in [2.45, 2.75) is 49.6 Å². The van der Waals surface area contributed by atoms with Crippen LogP contribution in [-0.4, -0.2) is 79.6 Å². The van der Waals surface area contributed by atoms with Crippen LogP contribution in [0, 0.1) is 0 Å². The molecule has 6 N–H and O–H groups in total. The average Bonchev–Trinajstić information content (AvgIpc) is 2.87. The van der Waals surface area contributed by atoms with Crippen molar-refractivity contribution in [2.24, 2.45) is 0 Å². The lowest BCUT2D eigenvalue weighted by molar-refractivity contribution is -0.208. The molecule has 0 aromatic heterocycles. The molecule has 0 spiro atoms. The normalized spacial score (nSPS) is 23.1. The topological polar surface area (TPSA) is 200 Å². The predicted octanol–water partition coefficient (Wildman–Crippen LogP) is 1.25. The van der Waals surface area contributed by atoms with Gasteiger partial charge in [0.1, 0.15) is 12.2 Å². The Labute approximate surface area is 216 Å². The highest BCUT2D eigenvalue weighted by atomic mass is 16.6. The summed E-state index contributed by atoms with van der Waals surface area (Å²) in [4.78, 5) is 37.0. The molecule has 4 atom stereocenters. The fourth-order valence-electron chi connectivity index (χ4n) is 4.04. The van der Waals surface area contributed by atoms with E-state index in [0.717, 1.165) is 6.08 Å². The molecule has 0 unspecified atom stereocenters. The van der Waals surface area contributed by atoms with Gasteiger partial charge in [0, 0.05) is 25.3 Å². The Morgan fingerprint density at radius 2 is 1.71 bits per heavy atom. The number of aliphatic hydroxyl groups excluding tert-OH is 2. The minimum absolute atomic E-state index is 0.101. The van der Waals surface area contributed by atoms with Gasteiger partial charge >= 0.3 is 17.9 Å². The van der Waals surface area contributed by atoms with E-state index in [0.29, 0.717) is 11.1 Å². The second-order valence-corrected chi connectivity index (χ2v) is 8.80. The molecule has 0 bridgehead atoms. The summed E-state index contributed by atoms with van der Waals surface area (Å²) in [5.41, 5.74) is -1.34. The number of carboxylic acid groups (broad SMARTS) is 1. The van der Waals surface area contributed by atoms with Gasteiger partial charge in [0.05, 0.1) is 13.2 Å². The average molecular weight is 532 g/mol. The number of phenols is 3. The number of aliphatic hydroxyl groups is 2. The maximum absolute atomic E-state index is 12.5. The number of carbonyl (C=O) groups excluding carboxylic acids is 2. The molecule has 204 valence electrons. The van der Waals surface area contributed by atoms with Crippen LogP contribution in [0.1, 0.15) is 30.4 Å². The highest BCUT2D eigenvalue weighted by molar-refractivity contribution is 5.90. The van der Waals surface area contributed by atoms with Crippen molar-refractivity contribution in [2.75, 3.05) is 7.11 Å². The molecule has 1 aliphatic rings. The summed E-state index contributed by atoms with van der Waals surface area (Å²) in [7, 11) is 1.34. The largest absolute Gasteiger partial charge is 0.504 e. The molecule has 1 saturated carbocycles. The Morgan fingerprint density at radius 1 is 1.00 bits per heavy atom. The van der Waals surface area contributed by atoms with Gasteiger partial charge in [0.2, 0.25) is 5.60 Å². The van der Waals surface area contributed by atoms with Crippen LogP contribution in [0.5, 0.6) is 23.0 Å². The number of hydrogen-bond acceptors (Lipinski definition) is 11. The van der Waals surface area contributed by atoms with Crippen LogP contribution in [0.4, 0.5) is 0 Å². The summed E-state index contributed by atoms with van der Waals surface area (Å²) >= 11 is 0. The SMILES string of the molecule is COc1cc(/C=C/C(=O)O[C@]2(C(=O)O)C[C@@H](O)[C@H](O)[C@H](OC(=O)CCc3ccc(O)c(O)c3)C2)ccc1O. The van der Waals surface area contributed by atoms with Crippen molar-refractivity contribution in [1.29, 1.82) is 0 Å². The number of carboxylic acids is 1. The molecule has 2 aromatic rings. The van der Waals surface area contributed by atoms with Gasteiger partial charge in [-0.05, 0) is 47.9 Å². The molecule has 12 nitrogen and oxygen atoms in total. The minimum atomic E-state index is -2.29. The lowest BCUT2D eigenvalue weighted by atomic mass is 9.79. The molecule has 0 amide bonds. The van der Waals surface area contributed by atoms with Crippen LogP contribution in [0.3, 0.4) is 0 Å². The molecule has 1 aliphatic carbocycles. The third kappa shape index (κ3) is 6.72. The first-order valence-corrected chi connectivity index (χ1v) is 11.5. The van der Waals surface area contributed by atoms with Crippen LogP contribution in [0.15, 0.2) is 42.5 Å². The molecular formula is C26H28O12. The van der Waals surface area contributed by atoms with Crippen LogP contribution >= 0.6 is 0 Å². The van der Waals surface area contributed by atoms with Crippen molar-refractivity contribution in [3.63, 3.8) is 0 Å². The lowest BCUT2D eigenvalue weighted by Gasteiger charge is -2.41. The van der Waals surface area contributed by atoms with E-state index in [1.807, 2.05) is 0 Å². The first kappa shape index (κ1) is 28.3. The molecule has 0 heterocycles. The predicted molar refractivity (Wildman–Crippen MR) is 129 cm³/mol. The lowest BCUT2D eigenvalue weighted by Crippen LogP contribution is -2.58. The number of hydrogen-bond donors (Lipinski definition) is 6. The molecule has 3 rings (SSSR count). The van der Waals surface area contributed by atoms with Crippen LogP contribution in [0.25, 0.3) is 6.08 Å². The standard InChI is InChI=1S/C26H28O12/c1-36-20-11-15(3-7-17(20)28)5-9-23(32)38-26(25(34)35)12-19(30)24(33)21(13-26)37-22(31)8-4-14-2-6-16(27)18(29)10-14/h2-3,5-7,9-11,19,21,24,27-30,33H,4,8,12-13H2,1H3,(H,34,35)/b9-5+/t19-,21-,24+,26-/m1/s1. The maximum atomic E-state index is 12.5.